The van der Waals surface area contributed by atoms with Gasteiger partial charge in [0.2, 0.25) is 0 Å². The van der Waals surface area contributed by atoms with E-state index >= 15 is 0 Å². The molecule has 0 fully saturated rings. The predicted molar refractivity (Wildman–Crippen MR) is 67.7 cm³/mol. The van der Waals surface area contributed by atoms with E-state index < -0.39 is 8.32 Å². The molecule has 0 amide bonds. The van der Waals surface area contributed by atoms with Gasteiger partial charge in [0, 0.05) is 11.5 Å². The van der Waals surface area contributed by atoms with Crippen molar-refractivity contribution in [3.63, 3.8) is 0 Å². The van der Waals surface area contributed by atoms with Crippen LogP contribution in [0.1, 0.15) is 41.0 Å². The first kappa shape index (κ1) is 14.5. The fourth-order valence-electron chi connectivity index (χ4n) is 1.84. The lowest BCUT2D eigenvalue weighted by atomic mass is 10.2. The fraction of sp³-hybridized carbons (Fsp3) is 1.00. The van der Waals surface area contributed by atoms with Crippen molar-refractivity contribution in [2.24, 2.45) is 0 Å². The van der Waals surface area contributed by atoms with Gasteiger partial charge in [0.25, 0.3) is 0 Å². The summed E-state index contributed by atoms with van der Waals surface area (Å²) in [4.78, 5) is -0.105. The highest BCUT2D eigenvalue weighted by molar-refractivity contribution is 6.74. The van der Waals surface area contributed by atoms with Crippen LogP contribution in [-0.2, 0) is 4.43 Å². The first-order valence-electron chi connectivity index (χ1n) is 5.72. The zero-order chi connectivity index (χ0) is 11.2. The summed E-state index contributed by atoms with van der Waals surface area (Å²) in [5.74, 6) is 0. The summed E-state index contributed by atoms with van der Waals surface area (Å²) in [5, 5.41) is 0. The van der Waals surface area contributed by atoms with Gasteiger partial charge >= 0.3 is 0 Å². The molecule has 0 bridgehead atoms. The third-order valence-electron chi connectivity index (χ3n) is 2.64. The van der Waals surface area contributed by atoms with Crippen LogP contribution in [0.2, 0.25) is 18.1 Å². The van der Waals surface area contributed by atoms with Gasteiger partial charge in [-0.05, 0) is 38.4 Å². The Hall–Kier alpha value is 0.467. The molecule has 0 aliphatic heterocycles. The molecule has 3 heteroatoms. The average Bonchev–Trinajstić information content (AvgIpc) is 2.10. The molecule has 0 spiro atoms. The Kier molecular flexibility index (Phi) is 6.34. The molecule has 0 aliphatic rings. The van der Waals surface area contributed by atoms with Crippen LogP contribution in [0.5, 0.6) is 0 Å². The lowest BCUT2D eigenvalue weighted by molar-refractivity contribution is 0.295. The summed E-state index contributed by atoms with van der Waals surface area (Å²) in [5.41, 5.74) is 0. The second-order valence-corrected chi connectivity index (χ2v) is 10.1. The molecule has 0 aliphatic carbocycles. The molecule has 0 aromatic rings. The summed E-state index contributed by atoms with van der Waals surface area (Å²) in [6, 6.07) is 3.42. The van der Waals surface area contributed by atoms with Gasteiger partial charge in [0.15, 0.2) is 8.32 Å². The largest absolute Gasteiger partial charge is 0.417 e. The monoisotopic (exact) mass is 236 g/mol. The maximum Gasteiger partial charge on any atom is 0.193 e. The van der Waals surface area contributed by atoms with E-state index in [0.717, 1.165) is 19.1 Å². The van der Waals surface area contributed by atoms with E-state index in [9.17, 15) is 0 Å². The van der Waals surface area contributed by atoms with Gasteiger partial charge < -0.3 is 4.43 Å². The van der Waals surface area contributed by atoms with Crippen molar-refractivity contribution in [3.05, 3.63) is 0 Å². The summed E-state index contributed by atoms with van der Waals surface area (Å²) < 4.78 is 6.11. The zero-order valence-electron chi connectivity index (χ0n) is 10.3. The second-order valence-electron chi connectivity index (χ2n) is 4.63. The molecule has 0 radical (unpaired) electrons. The highest BCUT2D eigenvalue weighted by atomic mass is 35.5. The van der Waals surface area contributed by atoms with E-state index in [1.807, 2.05) is 0 Å². The minimum absolute atomic E-state index is 0.105. The number of alkyl halides is 1. The fourth-order valence-corrected chi connectivity index (χ4v) is 6.25. The molecule has 0 rings (SSSR count). The van der Waals surface area contributed by atoms with Crippen LogP contribution in [0.4, 0.5) is 0 Å². The molecule has 0 aromatic heterocycles. The van der Waals surface area contributed by atoms with Crippen molar-refractivity contribution in [1.82, 2.24) is 0 Å². The van der Waals surface area contributed by atoms with Crippen molar-refractivity contribution in [1.29, 1.82) is 0 Å². The van der Waals surface area contributed by atoms with Crippen molar-refractivity contribution in [2.75, 3.05) is 6.61 Å². The molecule has 0 unspecified atom stereocenters. The molecule has 0 N–H and O–H groups in total. The summed E-state index contributed by atoms with van der Waals surface area (Å²) in [6.45, 7) is 11.7. The Morgan fingerprint density at radius 3 is 1.93 bits per heavy atom. The average molecular weight is 237 g/mol. The first-order valence-corrected chi connectivity index (χ1v) is 8.62. The SMILES string of the molecule is CCCO[Si](CC)(CC)CC(C)(C)Cl. The van der Waals surface area contributed by atoms with Crippen molar-refractivity contribution in [2.45, 2.75) is 64.0 Å². The summed E-state index contributed by atoms with van der Waals surface area (Å²) >= 11 is 6.31. The molecule has 1 nitrogen and oxygen atoms in total. The third-order valence-corrected chi connectivity index (χ3v) is 7.92. The Labute approximate surface area is 95.3 Å². The van der Waals surface area contributed by atoms with E-state index in [4.69, 9.17) is 16.0 Å². The molecular weight excluding hydrogens is 212 g/mol. The van der Waals surface area contributed by atoms with E-state index in [1.54, 1.807) is 0 Å². The Morgan fingerprint density at radius 2 is 1.64 bits per heavy atom. The summed E-state index contributed by atoms with van der Waals surface area (Å²) in [6.07, 6.45) is 1.11. The van der Waals surface area contributed by atoms with Gasteiger partial charge in [-0.15, -0.1) is 11.6 Å². The maximum absolute atomic E-state index is 6.31. The predicted octanol–water partition coefficient (Wildman–Crippen LogP) is 4.42. The van der Waals surface area contributed by atoms with E-state index in [-0.39, 0.29) is 4.87 Å². The van der Waals surface area contributed by atoms with Crippen LogP contribution in [0.25, 0.3) is 0 Å². The standard InChI is InChI=1S/C11H25ClOSi/c1-6-9-13-14(7-2,8-3)10-11(4,5)12/h6-10H2,1-5H3. The van der Waals surface area contributed by atoms with Crippen molar-refractivity contribution < 1.29 is 4.43 Å². The Balaban J connectivity index is 4.36. The van der Waals surface area contributed by atoms with Crippen LogP contribution in [-0.4, -0.2) is 19.8 Å². The highest BCUT2D eigenvalue weighted by Gasteiger charge is 2.36. The molecule has 86 valence electrons. The van der Waals surface area contributed by atoms with E-state index in [0.29, 0.717) is 0 Å². The van der Waals surface area contributed by atoms with Gasteiger partial charge in [0.1, 0.15) is 0 Å². The summed E-state index contributed by atoms with van der Waals surface area (Å²) in [7, 11) is -1.53. The van der Waals surface area contributed by atoms with Crippen LogP contribution in [0, 0.1) is 0 Å². The number of halogens is 1. The lowest BCUT2D eigenvalue weighted by Crippen LogP contribution is -2.41. The van der Waals surface area contributed by atoms with E-state index in [2.05, 4.69) is 34.6 Å². The topological polar surface area (TPSA) is 9.23 Å². The number of hydrogen-bond donors (Lipinski definition) is 0. The van der Waals surface area contributed by atoms with Crippen LogP contribution >= 0.6 is 11.6 Å². The Bertz CT molecular complexity index is 150. The van der Waals surface area contributed by atoms with Gasteiger partial charge in [-0.2, -0.15) is 0 Å². The van der Waals surface area contributed by atoms with Crippen molar-refractivity contribution >= 4 is 19.9 Å². The van der Waals surface area contributed by atoms with Gasteiger partial charge in [-0.25, -0.2) is 0 Å². The van der Waals surface area contributed by atoms with Gasteiger partial charge in [0.05, 0.1) is 0 Å². The molecule has 0 atom stereocenters. The Morgan fingerprint density at radius 1 is 1.14 bits per heavy atom. The molecule has 0 saturated heterocycles. The number of rotatable bonds is 7. The zero-order valence-corrected chi connectivity index (χ0v) is 12.1. The molecular formula is C11H25ClOSi. The van der Waals surface area contributed by atoms with Crippen molar-refractivity contribution in [3.8, 4) is 0 Å². The van der Waals surface area contributed by atoms with Crippen LogP contribution < -0.4 is 0 Å². The van der Waals surface area contributed by atoms with E-state index in [1.165, 1.54) is 12.1 Å². The third kappa shape index (κ3) is 5.37. The van der Waals surface area contributed by atoms with Crippen LogP contribution in [0.15, 0.2) is 0 Å². The minimum atomic E-state index is -1.53. The smallest absolute Gasteiger partial charge is 0.193 e. The van der Waals surface area contributed by atoms with Crippen LogP contribution in [0.3, 0.4) is 0 Å². The lowest BCUT2D eigenvalue weighted by Gasteiger charge is -2.34. The minimum Gasteiger partial charge on any atom is -0.417 e. The quantitative estimate of drug-likeness (QED) is 0.470. The molecule has 0 aromatic carbocycles. The molecule has 14 heavy (non-hydrogen) atoms. The molecule has 0 saturated carbocycles. The normalized spacial score (nSPS) is 13.3. The molecule has 0 heterocycles. The van der Waals surface area contributed by atoms with Gasteiger partial charge in [-0.1, -0.05) is 20.8 Å². The second kappa shape index (κ2) is 6.14. The maximum atomic E-state index is 6.31. The first-order chi connectivity index (χ1) is 6.39. The highest BCUT2D eigenvalue weighted by Crippen LogP contribution is 2.32. The number of hydrogen-bond acceptors (Lipinski definition) is 1. The van der Waals surface area contributed by atoms with Gasteiger partial charge in [-0.3, -0.25) is 0 Å².